The van der Waals surface area contributed by atoms with Gasteiger partial charge >= 0.3 is 0 Å². The second-order valence-corrected chi connectivity index (χ2v) is 3.57. The molecule has 0 spiro atoms. The summed E-state index contributed by atoms with van der Waals surface area (Å²) in [5.74, 6) is -0.170. The normalized spacial score (nSPS) is 10.4. The summed E-state index contributed by atoms with van der Waals surface area (Å²) >= 11 is 0. The Bertz CT molecular complexity index is 312. The number of rotatable bonds is 5. The molecule has 0 bridgehead atoms. The van der Waals surface area contributed by atoms with Crippen molar-refractivity contribution in [3.63, 3.8) is 0 Å². The van der Waals surface area contributed by atoms with Crippen LogP contribution in [0, 0.1) is 5.82 Å². The minimum Gasteiger partial charge on any atom is -0.375 e. The number of hydrogen-bond acceptors (Lipinski definition) is 2. The van der Waals surface area contributed by atoms with Gasteiger partial charge in [-0.05, 0) is 37.2 Å². The van der Waals surface area contributed by atoms with Crippen LogP contribution in [0.4, 0.5) is 10.1 Å². The fourth-order valence-electron chi connectivity index (χ4n) is 1.50. The van der Waals surface area contributed by atoms with Gasteiger partial charge in [-0.15, -0.1) is 0 Å². The fourth-order valence-corrected chi connectivity index (χ4v) is 1.50. The van der Waals surface area contributed by atoms with E-state index in [1.807, 2.05) is 20.0 Å². The lowest BCUT2D eigenvalue weighted by molar-refractivity contribution is 0.621. The zero-order chi connectivity index (χ0) is 11.3. The molecular weight excluding hydrogens is 191 g/mol. The average Bonchev–Trinajstić information content (AvgIpc) is 2.25. The minimum absolute atomic E-state index is 0.170. The lowest BCUT2D eigenvalue weighted by Gasteiger charge is -2.20. The third-order valence-electron chi connectivity index (χ3n) is 2.49. The van der Waals surface area contributed by atoms with Crippen LogP contribution in [0.1, 0.15) is 19.4 Å². The summed E-state index contributed by atoms with van der Waals surface area (Å²) in [5, 5.41) is 3.22. The maximum Gasteiger partial charge on any atom is 0.123 e. The smallest absolute Gasteiger partial charge is 0.123 e. The lowest BCUT2D eigenvalue weighted by Crippen LogP contribution is -2.20. The topological polar surface area (TPSA) is 15.3 Å². The largest absolute Gasteiger partial charge is 0.375 e. The van der Waals surface area contributed by atoms with E-state index in [4.69, 9.17) is 0 Å². The summed E-state index contributed by atoms with van der Waals surface area (Å²) in [7, 11) is 2.02. The minimum atomic E-state index is -0.170. The molecule has 0 aliphatic carbocycles. The highest BCUT2D eigenvalue weighted by atomic mass is 19.1. The summed E-state index contributed by atoms with van der Waals surface area (Å²) in [6.07, 6.45) is 0. The van der Waals surface area contributed by atoms with Gasteiger partial charge in [0.2, 0.25) is 0 Å². The molecule has 2 nitrogen and oxygen atoms in total. The molecule has 0 aromatic heterocycles. The Hall–Kier alpha value is -1.09. The van der Waals surface area contributed by atoms with Crippen LogP contribution >= 0.6 is 0 Å². The SMILES string of the molecule is CCNCc1cc(F)ccc1N(C)CC. The predicted molar refractivity (Wildman–Crippen MR) is 62.7 cm³/mol. The summed E-state index contributed by atoms with van der Waals surface area (Å²) in [6, 6.07) is 4.95. The molecule has 0 aliphatic rings. The van der Waals surface area contributed by atoms with E-state index in [1.165, 1.54) is 6.07 Å². The van der Waals surface area contributed by atoms with Crippen molar-refractivity contribution < 1.29 is 4.39 Å². The molecule has 0 radical (unpaired) electrons. The van der Waals surface area contributed by atoms with Gasteiger partial charge in [0.15, 0.2) is 0 Å². The van der Waals surface area contributed by atoms with Crippen LogP contribution in [0.25, 0.3) is 0 Å². The van der Waals surface area contributed by atoms with Crippen molar-refractivity contribution >= 4 is 5.69 Å². The highest BCUT2D eigenvalue weighted by Crippen LogP contribution is 2.20. The van der Waals surface area contributed by atoms with Crippen molar-refractivity contribution in [1.29, 1.82) is 0 Å². The zero-order valence-corrected chi connectivity index (χ0v) is 9.68. The number of benzene rings is 1. The van der Waals surface area contributed by atoms with Crippen molar-refractivity contribution in [2.24, 2.45) is 0 Å². The molecule has 1 rings (SSSR count). The molecule has 0 aliphatic heterocycles. The van der Waals surface area contributed by atoms with Gasteiger partial charge in [-0.25, -0.2) is 4.39 Å². The van der Waals surface area contributed by atoms with Crippen LogP contribution in [0.15, 0.2) is 18.2 Å². The summed E-state index contributed by atoms with van der Waals surface area (Å²) in [4.78, 5) is 2.12. The molecule has 1 aromatic rings. The van der Waals surface area contributed by atoms with Crippen LogP contribution in [0.5, 0.6) is 0 Å². The second kappa shape index (κ2) is 5.71. The molecule has 0 atom stereocenters. The van der Waals surface area contributed by atoms with Crippen LogP contribution in [0.3, 0.4) is 0 Å². The molecule has 0 saturated carbocycles. The number of nitrogens with zero attached hydrogens (tertiary/aromatic N) is 1. The number of anilines is 1. The summed E-state index contributed by atoms with van der Waals surface area (Å²) < 4.78 is 13.1. The summed E-state index contributed by atoms with van der Waals surface area (Å²) in [5.41, 5.74) is 2.11. The van der Waals surface area contributed by atoms with Crippen molar-refractivity contribution in [2.45, 2.75) is 20.4 Å². The highest BCUT2D eigenvalue weighted by molar-refractivity contribution is 5.53. The zero-order valence-electron chi connectivity index (χ0n) is 9.68. The van der Waals surface area contributed by atoms with Crippen LogP contribution in [0.2, 0.25) is 0 Å². The lowest BCUT2D eigenvalue weighted by atomic mass is 10.1. The van der Waals surface area contributed by atoms with Gasteiger partial charge in [-0.3, -0.25) is 0 Å². The maximum absolute atomic E-state index is 13.1. The number of nitrogens with one attached hydrogen (secondary N) is 1. The van der Waals surface area contributed by atoms with E-state index in [0.29, 0.717) is 6.54 Å². The van der Waals surface area contributed by atoms with Gasteiger partial charge in [-0.2, -0.15) is 0 Å². The Morgan fingerprint density at radius 2 is 2.07 bits per heavy atom. The Kier molecular flexibility index (Phi) is 4.56. The molecule has 3 heteroatoms. The first kappa shape index (κ1) is 12.0. The molecule has 15 heavy (non-hydrogen) atoms. The Morgan fingerprint density at radius 1 is 1.33 bits per heavy atom. The molecule has 0 unspecified atom stereocenters. The van der Waals surface area contributed by atoms with E-state index in [-0.39, 0.29) is 5.82 Å². The molecule has 1 N–H and O–H groups in total. The van der Waals surface area contributed by atoms with E-state index in [1.54, 1.807) is 6.07 Å². The second-order valence-electron chi connectivity index (χ2n) is 3.57. The Balaban J connectivity index is 2.92. The fraction of sp³-hybridized carbons (Fsp3) is 0.500. The van der Waals surface area contributed by atoms with Crippen molar-refractivity contribution in [1.82, 2.24) is 5.32 Å². The number of hydrogen-bond donors (Lipinski definition) is 1. The quantitative estimate of drug-likeness (QED) is 0.802. The van der Waals surface area contributed by atoms with Gasteiger partial charge in [-0.1, -0.05) is 6.92 Å². The van der Waals surface area contributed by atoms with E-state index in [2.05, 4.69) is 17.1 Å². The van der Waals surface area contributed by atoms with Gasteiger partial charge < -0.3 is 10.2 Å². The summed E-state index contributed by atoms with van der Waals surface area (Å²) in [6.45, 7) is 6.66. The highest BCUT2D eigenvalue weighted by Gasteiger charge is 2.06. The van der Waals surface area contributed by atoms with Crippen LogP contribution in [-0.4, -0.2) is 20.1 Å². The predicted octanol–water partition coefficient (Wildman–Crippen LogP) is 2.39. The van der Waals surface area contributed by atoms with Crippen molar-refractivity contribution in [2.75, 3.05) is 25.0 Å². The monoisotopic (exact) mass is 210 g/mol. The maximum atomic E-state index is 13.1. The van der Waals surface area contributed by atoms with Gasteiger partial charge in [0.1, 0.15) is 5.82 Å². The molecular formula is C12H19FN2. The first-order valence-electron chi connectivity index (χ1n) is 5.39. The first-order chi connectivity index (χ1) is 7.19. The Morgan fingerprint density at radius 3 is 2.67 bits per heavy atom. The molecule has 0 fully saturated rings. The molecule has 0 heterocycles. The van der Waals surface area contributed by atoms with Crippen molar-refractivity contribution in [3.8, 4) is 0 Å². The third kappa shape index (κ3) is 3.20. The molecule has 0 amide bonds. The van der Waals surface area contributed by atoms with E-state index >= 15 is 0 Å². The van der Waals surface area contributed by atoms with E-state index in [0.717, 1.165) is 24.3 Å². The molecule has 1 aromatic carbocycles. The third-order valence-corrected chi connectivity index (χ3v) is 2.49. The number of halogens is 1. The molecule has 84 valence electrons. The van der Waals surface area contributed by atoms with Crippen molar-refractivity contribution in [3.05, 3.63) is 29.6 Å². The Labute approximate surface area is 91.1 Å². The van der Waals surface area contributed by atoms with E-state index in [9.17, 15) is 4.39 Å². The first-order valence-corrected chi connectivity index (χ1v) is 5.39. The van der Waals surface area contributed by atoms with Crippen LogP contribution in [-0.2, 0) is 6.54 Å². The average molecular weight is 210 g/mol. The van der Waals surface area contributed by atoms with Gasteiger partial charge in [0.25, 0.3) is 0 Å². The van der Waals surface area contributed by atoms with E-state index < -0.39 is 0 Å². The standard InChI is InChI=1S/C12H19FN2/c1-4-14-9-10-8-11(13)6-7-12(10)15(3)5-2/h6-8,14H,4-5,9H2,1-3H3. The van der Waals surface area contributed by atoms with Crippen LogP contribution < -0.4 is 10.2 Å². The van der Waals surface area contributed by atoms with Gasteiger partial charge in [0.05, 0.1) is 0 Å². The van der Waals surface area contributed by atoms with Gasteiger partial charge in [0, 0.05) is 25.8 Å². The molecule has 0 saturated heterocycles.